The van der Waals surface area contributed by atoms with Crippen molar-refractivity contribution in [1.29, 1.82) is 0 Å². The maximum absolute atomic E-state index is 13.5. The minimum atomic E-state index is -1.10. The van der Waals surface area contributed by atoms with Crippen LogP contribution in [0.5, 0.6) is 5.75 Å². The first kappa shape index (κ1) is 13.4. The van der Waals surface area contributed by atoms with E-state index in [0.29, 0.717) is 0 Å². The van der Waals surface area contributed by atoms with Crippen LogP contribution in [0.2, 0.25) is 0 Å². The van der Waals surface area contributed by atoms with E-state index < -0.39 is 23.6 Å². The van der Waals surface area contributed by atoms with Gasteiger partial charge in [-0.25, -0.2) is 4.39 Å². The van der Waals surface area contributed by atoms with Crippen LogP contribution in [-0.4, -0.2) is 26.2 Å². The third kappa shape index (κ3) is 2.91. The molecule has 1 aromatic rings. The molecule has 94 valence electrons. The van der Waals surface area contributed by atoms with E-state index in [0.717, 1.165) is 0 Å². The maximum Gasteiger partial charge on any atom is 0.322 e. The molecule has 0 saturated heterocycles. The van der Waals surface area contributed by atoms with Gasteiger partial charge in [0.1, 0.15) is 6.04 Å². The maximum atomic E-state index is 13.5. The van der Waals surface area contributed by atoms with E-state index in [1.165, 1.54) is 26.4 Å². The van der Waals surface area contributed by atoms with Gasteiger partial charge in [0.05, 0.1) is 14.2 Å². The number of rotatable bonds is 4. The average molecular weight is 245 g/mol. The van der Waals surface area contributed by atoms with Crippen LogP contribution in [0.15, 0.2) is 12.1 Å². The van der Waals surface area contributed by atoms with Crippen molar-refractivity contribution in [2.24, 2.45) is 5.73 Å². The summed E-state index contributed by atoms with van der Waals surface area (Å²) in [5.74, 6) is -3.04. The molecule has 0 unspecified atom stereocenters. The molecule has 4 nitrogen and oxygen atoms in total. The molecule has 6 heteroatoms. The smallest absolute Gasteiger partial charge is 0.322 e. The predicted molar refractivity (Wildman–Crippen MR) is 56.6 cm³/mol. The third-order valence-electron chi connectivity index (χ3n) is 2.29. The molecule has 0 bridgehead atoms. The Balaban J connectivity index is 2.93. The molecule has 0 aliphatic carbocycles. The fraction of sp³-hybridized carbons (Fsp3) is 0.364. The van der Waals surface area contributed by atoms with E-state index in [-0.39, 0.29) is 17.7 Å². The summed E-state index contributed by atoms with van der Waals surface area (Å²) in [5, 5.41) is 0. The van der Waals surface area contributed by atoms with Crippen LogP contribution < -0.4 is 10.5 Å². The van der Waals surface area contributed by atoms with Gasteiger partial charge in [-0.15, -0.1) is 0 Å². The van der Waals surface area contributed by atoms with E-state index in [1.807, 2.05) is 0 Å². The SMILES string of the molecule is COC(=O)[C@H](N)Cc1ccc(OC)c(F)c1F. The summed E-state index contributed by atoms with van der Waals surface area (Å²) in [7, 11) is 2.41. The molecule has 0 aliphatic heterocycles. The summed E-state index contributed by atoms with van der Waals surface area (Å²) < 4.78 is 35.9. The minimum absolute atomic E-state index is 0.00111. The lowest BCUT2D eigenvalue weighted by atomic mass is 10.1. The van der Waals surface area contributed by atoms with Crippen molar-refractivity contribution in [3.8, 4) is 5.75 Å². The van der Waals surface area contributed by atoms with E-state index in [2.05, 4.69) is 9.47 Å². The normalized spacial score (nSPS) is 12.1. The zero-order valence-electron chi connectivity index (χ0n) is 9.50. The molecule has 2 N–H and O–H groups in total. The quantitative estimate of drug-likeness (QED) is 0.804. The van der Waals surface area contributed by atoms with Gasteiger partial charge in [-0.3, -0.25) is 4.79 Å². The second kappa shape index (κ2) is 5.58. The largest absolute Gasteiger partial charge is 0.494 e. The Kier molecular flexibility index (Phi) is 4.39. The first-order valence-electron chi connectivity index (χ1n) is 4.85. The van der Waals surface area contributed by atoms with Crippen molar-refractivity contribution in [3.63, 3.8) is 0 Å². The highest BCUT2D eigenvalue weighted by atomic mass is 19.2. The fourth-order valence-electron chi connectivity index (χ4n) is 1.36. The van der Waals surface area contributed by atoms with Crippen molar-refractivity contribution in [1.82, 2.24) is 0 Å². The summed E-state index contributed by atoms with van der Waals surface area (Å²) in [5.41, 5.74) is 5.46. The monoisotopic (exact) mass is 245 g/mol. The molecule has 1 aromatic carbocycles. The fourth-order valence-corrected chi connectivity index (χ4v) is 1.36. The van der Waals surface area contributed by atoms with E-state index in [1.54, 1.807) is 0 Å². The Morgan fingerprint density at radius 1 is 1.35 bits per heavy atom. The second-order valence-electron chi connectivity index (χ2n) is 3.39. The number of halogens is 2. The second-order valence-corrected chi connectivity index (χ2v) is 3.39. The molecule has 0 fully saturated rings. The first-order valence-corrected chi connectivity index (χ1v) is 4.85. The number of carbonyl (C=O) groups excluding carboxylic acids is 1. The molecule has 0 aliphatic rings. The topological polar surface area (TPSA) is 61.5 Å². The summed E-state index contributed by atoms with van der Waals surface area (Å²) in [6.07, 6.45) is -0.139. The molecule has 0 saturated carbocycles. The summed E-state index contributed by atoms with van der Waals surface area (Å²) in [4.78, 5) is 11.0. The Hall–Kier alpha value is -1.69. The molecule has 1 atom stereocenters. The number of nitrogens with two attached hydrogens (primary N) is 1. The van der Waals surface area contributed by atoms with Gasteiger partial charge < -0.3 is 15.2 Å². The van der Waals surface area contributed by atoms with Gasteiger partial charge in [-0.2, -0.15) is 4.39 Å². The van der Waals surface area contributed by atoms with Gasteiger partial charge in [-0.05, 0) is 11.6 Å². The molecule has 0 heterocycles. The Morgan fingerprint density at radius 3 is 2.53 bits per heavy atom. The molecule has 0 spiro atoms. The van der Waals surface area contributed by atoms with Crippen molar-refractivity contribution >= 4 is 5.97 Å². The molecule has 0 radical (unpaired) electrons. The number of carbonyl (C=O) groups is 1. The highest BCUT2D eigenvalue weighted by Crippen LogP contribution is 2.23. The Morgan fingerprint density at radius 2 is 2.00 bits per heavy atom. The molecular formula is C11H13F2NO3. The van der Waals surface area contributed by atoms with Crippen molar-refractivity contribution in [3.05, 3.63) is 29.3 Å². The average Bonchev–Trinajstić information content (AvgIpc) is 2.34. The number of hydrogen-bond donors (Lipinski definition) is 1. The van der Waals surface area contributed by atoms with E-state index >= 15 is 0 Å². The summed E-state index contributed by atoms with van der Waals surface area (Å²) in [6.45, 7) is 0. The lowest BCUT2D eigenvalue weighted by molar-refractivity contribution is -0.142. The number of hydrogen-bond acceptors (Lipinski definition) is 4. The van der Waals surface area contributed by atoms with Crippen LogP contribution in [0, 0.1) is 11.6 Å². The minimum Gasteiger partial charge on any atom is -0.494 e. The van der Waals surface area contributed by atoms with Gasteiger partial charge in [0.2, 0.25) is 5.82 Å². The van der Waals surface area contributed by atoms with Crippen LogP contribution in [0.4, 0.5) is 8.78 Å². The summed E-state index contributed by atoms with van der Waals surface area (Å²) >= 11 is 0. The molecule has 17 heavy (non-hydrogen) atoms. The number of methoxy groups -OCH3 is 2. The van der Waals surface area contributed by atoms with Crippen LogP contribution >= 0.6 is 0 Å². The molecular weight excluding hydrogens is 232 g/mol. The lowest BCUT2D eigenvalue weighted by Gasteiger charge is -2.11. The standard InChI is InChI=1S/C11H13F2NO3/c1-16-8-4-3-6(9(12)10(8)13)5-7(14)11(15)17-2/h3-4,7H,5,14H2,1-2H3/t7-/m1/s1. The van der Waals surface area contributed by atoms with Crippen molar-refractivity contribution in [2.75, 3.05) is 14.2 Å². The Bertz CT molecular complexity index is 423. The Labute approximate surface area is 97.3 Å². The highest BCUT2D eigenvalue weighted by molar-refractivity contribution is 5.75. The molecule has 0 aromatic heterocycles. The lowest BCUT2D eigenvalue weighted by Crippen LogP contribution is -2.34. The van der Waals surface area contributed by atoms with Crippen LogP contribution in [0.1, 0.15) is 5.56 Å². The van der Waals surface area contributed by atoms with Crippen molar-refractivity contribution in [2.45, 2.75) is 12.5 Å². The molecule has 1 rings (SSSR count). The molecule has 0 amide bonds. The van der Waals surface area contributed by atoms with Gasteiger partial charge >= 0.3 is 5.97 Å². The third-order valence-corrected chi connectivity index (χ3v) is 2.29. The van der Waals surface area contributed by atoms with Crippen LogP contribution in [0.25, 0.3) is 0 Å². The van der Waals surface area contributed by atoms with Crippen LogP contribution in [0.3, 0.4) is 0 Å². The highest BCUT2D eigenvalue weighted by Gasteiger charge is 2.20. The van der Waals surface area contributed by atoms with Gasteiger partial charge in [0.15, 0.2) is 11.6 Å². The number of ether oxygens (including phenoxy) is 2. The van der Waals surface area contributed by atoms with E-state index in [4.69, 9.17) is 5.73 Å². The predicted octanol–water partition coefficient (Wildman–Crippen LogP) is 1.02. The van der Waals surface area contributed by atoms with Gasteiger partial charge in [-0.1, -0.05) is 6.07 Å². The summed E-state index contributed by atoms with van der Waals surface area (Å²) in [6, 6.07) is 1.57. The first-order chi connectivity index (χ1) is 8.01. The van der Waals surface area contributed by atoms with Gasteiger partial charge in [0, 0.05) is 6.42 Å². The van der Waals surface area contributed by atoms with E-state index in [9.17, 15) is 13.6 Å². The van der Waals surface area contributed by atoms with Crippen LogP contribution in [-0.2, 0) is 16.0 Å². The van der Waals surface area contributed by atoms with Crippen molar-refractivity contribution < 1.29 is 23.0 Å². The zero-order valence-corrected chi connectivity index (χ0v) is 9.50. The number of benzene rings is 1. The van der Waals surface area contributed by atoms with Gasteiger partial charge in [0.25, 0.3) is 0 Å². The zero-order chi connectivity index (χ0) is 13.0. The number of esters is 1.